The van der Waals surface area contributed by atoms with E-state index in [9.17, 15) is 0 Å². The highest BCUT2D eigenvalue weighted by molar-refractivity contribution is 5.85. The SMILES string of the molecule is CC1(C)C2CCC1(C)C(N1CCN(Cc3ccccc3)CC1)C2.Cl. The van der Waals surface area contributed by atoms with Crippen molar-refractivity contribution in [2.75, 3.05) is 26.2 Å². The van der Waals surface area contributed by atoms with E-state index in [2.05, 4.69) is 60.9 Å². The van der Waals surface area contributed by atoms with Crippen LogP contribution in [0.15, 0.2) is 30.3 Å². The minimum atomic E-state index is 0. The van der Waals surface area contributed by atoms with Crippen LogP contribution in [0, 0.1) is 16.7 Å². The zero-order valence-electron chi connectivity index (χ0n) is 15.5. The molecule has 3 fully saturated rings. The fourth-order valence-corrected chi connectivity index (χ4v) is 5.79. The molecule has 0 radical (unpaired) electrons. The molecule has 2 bridgehead atoms. The Morgan fingerprint density at radius 2 is 1.67 bits per heavy atom. The maximum absolute atomic E-state index is 2.84. The third-order valence-electron chi connectivity index (χ3n) is 7.84. The van der Waals surface area contributed by atoms with Crippen molar-refractivity contribution < 1.29 is 0 Å². The normalized spacial score (nSPS) is 35.8. The molecule has 0 spiro atoms. The predicted molar refractivity (Wildman–Crippen MR) is 104 cm³/mol. The van der Waals surface area contributed by atoms with Crippen molar-refractivity contribution in [3.05, 3.63) is 35.9 Å². The van der Waals surface area contributed by atoms with Crippen molar-refractivity contribution >= 4 is 12.4 Å². The van der Waals surface area contributed by atoms with Gasteiger partial charge in [0, 0.05) is 38.8 Å². The van der Waals surface area contributed by atoms with E-state index < -0.39 is 0 Å². The molecule has 4 rings (SSSR count). The van der Waals surface area contributed by atoms with Gasteiger partial charge in [0.15, 0.2) is 0 Å². The smallest absolute Gasteiger partial charge is 0.0234 e. The minimum Gasteiger partial charge on any atom is -0.297 e. The van der Waals surface area contributed by atoms with Crippen LogP contribution in [-0.4, -0.2) is 42.0 Å². The number of rotatable bonds is 3. The van der Waals surface area contributed by atoms with Gasteiger partial charge in [-0.15, -0.1) is 12.4 Å². The first kappa shape index (κ1) is 18.2. The maximum atomic E-state index is 2.84. The van der Waals surface area contributed by atoms with Crippen molar-refractivity contribution in [2.24, 2.45) is 16.7 Å². The lowest BCUT2D eigenvalue weighted by atomic mass is 9.68. The highest BCUT2D eigenvalue weighted by atomic mass is 35.5. The van der Waals surface area contributed by atoms with Crippen LogP contribution in [0.2, 0.25) is 0 Å². The second kappa shape index (κ2) is 6.63. The van der Waals surface area contributed by atoms with E-state index in [0.717, 1.165) is 18.5 Å². The summed E-state index contributed by atoms with van der Waals surface area (Å²) in [4.78, 5) is 5.47. The molecule has 0 aromatic heterocycles. The number of nitrogens with zero attached hydrogens (tertiary/aromatic N) is 2. The zero-order chi connectivity index (χ0) is 16.1. The van der Waals surface area contributed by atoms with Crippen LogP contribution in [0.3, 0.4) is 0 Å². The second-order valence-corrected chi connectivity index (χ2v) is 8.92. The molecular formula is C21H33ClN2. The van der Waals surface area contributed by atoms with Crippen LogP contribution in [0.5, 0.6) is 0 Å². The van der Waals surface area contributed by atoms with Crippen molar-refractivity contribution in [1.82, 2.24) is 9.80 Å². The van der Waals surface area contributed by atoms with E-state index in [1.54, 1.807) is 0 Å². The first-order valence-electron chi connectivity index (χ1n) is 9.51. The monoisotopic (exact) mass is 348 g/mol. The maximum Gasteiger partial charge on any atom is 0.0234 e. The molecule has 3 atom stereocenters. The molecule has 1 aromatic rings. The molecule has 2 aliphatic carbocycles. The summed E-state index contributed by atoms with van der Waals surface area (Å²) in [5.41, 5.74) is 2.53. The lowest BCUT2D eigenvalue weighted by Gasteiger charge is -2.47. The quantitative estimate of drug-likeness (QED) is 0.796. The van der Waals surface area contributed by atoms with Gasteiger partial charge < -0.3 is 0 Å². The van der Waals surface area contributed by atoms with Gasteiger partial charge in [0.05, 0.1) is 0 Å². The highest BCUT2D eigenvalue weighted by Crippen LogP contribution is 2.66. The third-order valence-corrected chi connectivity index (χ3v) is 7.84. The molecule has 0 amide bonds. The van der Waals surface area contributed by atoms with Crippen LogP contribution in [-0.2, 0) is 6.54 Å². The molecule has 1 aliphatic heterocycles. The third kappa shape index (κ3) is 2.81. The summed E-state index contributed by atoms with van der Waals surface area (Å²) in [6.07, 6.45) is 4.36. The molecule has 2 nitrogen and oxygen atoms in total. The Hall–Kier alpha value is -0.570. The van der Waals surface area contributed by atoms with E-state index >= 15 is 0 Å². The first-order valence-corrected chi connectivity index (χ1v) is 9.51. The van der Waals surface area contributed by atoms with Crippen molar-refractivity contribution in [2.45, 2.75) is 52.6 Å². The summed E-state index contributed by atoms with van der Waals surface area (Å²) in [6, 6.07) is 11.8. The second-order valence-electron chi connectivity index (χ2n) is 8.92. The van der Waals surface area contributed by atoms with Crippen LogP contribution in [0.25, 0.3) is 0 Å². The van der Waals surface area contributed by atoms with E-state index in [4.69, 9.17) is 0 Å². The number of fused-ring (bicyclic) bond motifs is 2. The molecule has 24 heavy (non-hydrogen) atoms. The Bertz CT molecular complexity index is 550. The van der Waals surface area contributed by atoms with Crippen molar-refractivity contribution in [1.29, 1.82) is 0 Å². The van der Waals surface area contributed by atoms with E-state index in [-0.39, 0.29) is 12.4 Å². The van der Waals surface area contributed by atoms with Gasteiger partial charge in [0.1, 0.15) is 0 Å². The van der Waals surface area contributed by atoms with Crippen LogP contribution < -0.4 is 0 Å². The number of benzene rings is 1. The standard InChI is InChI=1S/C21H32N2.ClH/c1-20(2)18-9-10-21(20,3)19(15-18)23-13-11-22(12-14-23)16-17-7-5-4-6-8-17;/h4-8,18-19H,9-16H2,1-3H3;1H. The molecule has 2 saturated carbocycles. The number of hydrogen-bond acceptors (Lipinski definition) is 2. The lowest BCUT2D eigenvalue weighted by Crippen LogP contribution is -2.54. The molecule has 1 aromatic carbocycles. The van der Waals surface area contributed by atoms with E-state index in [1.165, 1.54) is 51.0 Å². The Morgan fingerprint density at radius 3 is 2.21 bits per heavy atom. The molecule has 3 heteroatoms. The van der Waals surface area contributed by atoms with Gasteiger partial charge in [-0.25, -0.2) is 0 Å². The summed E-state index contributed by atoms with van der Waals surface area (Å²) in [6.45, 7) is 13.8. The Balaban J connectivity index is 0.00000169. The lowest BCUT2D eigenvalue weighted by molar-refractivity contribution is 0.0113. The van der Waals surface area contributed by atoms with E-state index in [1.807, 2.05) is 0 Å². The molecule has 134 valence electrons. The van der Waals surface area contributed by atoms with Gasteiger partial charge in [-0.05, 0) is 41.6 Å². The molecule has 3 unspecified atom stereocenters. The number of hydrogen-bond donors (Lipinski definition) is 0. The largest absolute Gasteiger partial charge is 0.297 e. The number of halogens is 1. The highest BCUT2D eigenvalue weighted by Gasteiger charge is 2.62. The summed E-state index contributed by atoms with van der Waals surface area (Å²) in [7, 11) is 0. The molecule has 3 aliphatic rings. The Morgan fingerprint density at radius 1 is 1.00 bits per heavy atom. The molecule has 1 heterocycles. The summed E-state index contributed by atoms with van der Waals surface area (Å²) in [5.74, 6) is 0.958. The van der Waals surface area contributed by atoms with Crippen molar-refractivity contribution in [3.63, 3.8) is 0 Å². The zero-order valence-corrected chi connectivity index (χ0v) is 16.3. The molecule has 1 saturated heterocycles. The van der Waals surface area contributed by atoms with Crippen molar-refractivity contribution in [3.8, 4) is 0 Å². The van der Waals surface area contributed by atoms with Gasteiger partial charge in [-0.3, -0.25) is 9.80 Å². The summed E-state index contributed by atoms with van der Waals surface area (Å²) < 4.78 is 0. The van der Waals surface area contributed by atoms with Gasteiger partial charge in [0.2, 0.25) is 0 Å². The van der Waals surface area contributed by atoms with Gasteiger partial charge in [-0.2, -0.15) is 0 Å². The van der Waals surface area contributed by atoms with Gasteiger partial charge >= 0.3 is 0 Å². The first-order chi connectivity index (χ1) is 11.0. The van der Waals surface area contributed by atoms with Crippen LogP contribution >= 0.6 is 12.4 Å². The van der Waals surface area contributed by atoms with Gasteiger partial charge in [0.25, 0.3) is 0 Å². The summed E-state index contributed by atoms with van der Waals surface area (Å²) >= 11 is 0. The molecular weight excluding hydrogens is 316 g/mol. The minimum absolute atomic E-state index is 0. The fourth-order valence-electron chi connectivity index (χ4n) is 5.79. The molecule has 0 N–H and O–H groups in total. The average molecular weight is 349 g/mol. The van der Waals surface area contributed by atoms with Crippen LogP contribution in [0.1, 0.15) is 45.6 Å². The average Bonchev–Trinajstić information content (AvgIpc) is 2.90. The Labute approximate surface area is 154 Å². The van der Waals surface area contributed by atoms with Gasteiger partial charge in [-0.1, -0.05) is 51.1 Å². The summed E-state index contributed by atoms with van der Waals surface area (Å²) in [5, 5.41) is 0. The number of piperazine rings is 1. The van der Waals surface area contributed by atoms with E-state index in [0.29, 0.717) is 10.8 Å². The Kier molecular flexibility index (Phi) is 5.03. The topological polar surface area (TPSA) is 6.48 Å². The van der Waals surface area contributed by atoms with Crippen LogP contribution in [0.4, 0.5) is 0 Å². The fraction of sp³-hybridized carbons (Fsp3) is 0.714. The predicted octanol–water partition coefficient (Wildman–Crippen LogP) is 4.44.